The minimum absolute atomic E-state index is 0.0525. The zero-order valence-corrected chi connectivity index (χ0v) is 13.4. The van der Waals surface area contributed by atoms with Gasteiger partial charge in [0.1, 0.15) is 12.0 Å². The molecule has 0 radical (unpaired) electrons. The summed E-state index contributed by atoms with van der Waals surface area (Å²) < 4.78 is 10.5. The highest BCUT2D eigenvalue weighted by molar-refractivity contribution is 5.94. The van der Waals surface area contributed by atoms with Crippen molar-refractivity contribution in [1.29, 1.82) is 0 Å². The number of para-hydroxylation sites is 1. The van der Waals surface area contributed by atoms with Crippen LogP contribution in [0.15, 0.2) is 53.3 Å². The number of carbonyl (C=O) groups is 2. The average Bonchev–Trinajstić information content (AvgIpc) is 3.17. The van der Waals surface area contributed by atoms with E-state index >= 15 is 0 Å². The number of ether oxygens (including phenoxy) is 1. The topological polar surface area (TPSA) is 63.0 Å². The third-order valence-corrected chi connectivity index (χ3v) is 4.02. The zero-order chi connectivity index (χ0) is 16.8. The molecular weight excluding hydrogens is 308 g/mol. The molecule has 2 amide bonds. The number of amides is 2. The molecule has 1 fully saturated rings. The van der Waals surface area contributed by atoms with E-state index in [2.05, 4.69) is 0 Å². The maximum Gasteiger partial charge on any atom is 0.257 e. The lowest BCUT2D eigenvalue weighted by Crippen LogP contribution is -2.50. The number of carbonyl (C=O) groups excluding carboxylic acids is 2. The Hall–Kier alpha value is -2.76. The van der Waals surface area contributed by atoms with Crippen LogP contribution in [0.2, 0.25) is 0 Å². The SMILES string of the molecule is O=C(CCOc1ccccc1)N1CCN(C(=O)c2ccoc2)CC1. The molecule has 1 aromatic heterocycles. The van der Waals surface area contributed by atoms with E-state index in [0.717, 1.165) is 5.75 Å². The van der Waals surface area contributed by atoms with Crippen LogP contribution < -0.4 is 4.74 Å². The molecule has 6 heteroatoms. The third-order valence-electron chi connectivity index (χ3n) is 4.02. The molecule has 3 rings (SSSR count). The summed E-state index contributed by atoms with van der Waals surface area (Å²) >= 11 is 0. The number of nitrogens with zero attached hydrogens (tertiary/aromatic N) is 2. The second kappa shape index (κ2) is 7.68. The summed E-state index contributed by atoms with van der Waals surface area (Å²) in [6, 6.07) is 11.1. The second-order valence-electron chi connectivity index (χ2n) is 5.60. The van der Waals surface area contributed by atoms with Crippen molar-refractivity contribution in [3.8, 4) is 5.75 Å². The number of furan rings is 1. The van der Waals surface area contributed by atoms with Crippen molar-refractivity contribution in [3.63, 3.8) is 0 Å². The molecule has 0 spiro atoms. The number of rotatable bonds is 5. The summed E-state index contributed by atoms with van der Waals surface area (Å²) in [5.41, 5.74) is 0.547. The lowest BCUT2D eigenvalue weighted by Gasteiger charge is -2.34. The molecule has 1 aliphatic rings. The average molecular weight is 328 g/mol. The maximum atomic E-state index is 12.2. The van der Waals surface area contributed by atoms with Gasteiger partial charge in [0.15, 0.2) is 0 Å². The molecule has 24 heavy (non-hydrogen) atoms. The van der Waals surface area contributed by atoms with Gasteiger partial charge in [-0.15, -0.1) is 0 Å². The first-order valence-electron chi connectivity index (χ1n) is 8.01. The number of benzene rings is 1. The fourth-order valence-corrected chi connectivity index (χ4v) is 2.66. The highest BCUT2D eigenvalue weighted by atomic mass is 16.5. The van der Waals surface area contributed by atoms with Gasteiger partial charge in [0, 0.05) is 26.2 Å². The van der Waals surface area contributed by atoms with Gasteiger partial charge in [-0.25, -0.2) is 0 Å². The zero-order valence-electron chi connectivity index (χ0n) is 13.4. The Morgan fingerprint density at radius 1 is 1.00 bits per heavy atom. The summed E-state index contributed by atoms with van der Waals surface area (Å²) in [5, 5.41) is 0. The van der Waals surface area contributed by atoms with Gasteiger partial charge in [-0.1, -0.05) is 18.2 Å². The Morgan fingerprint density at radius 3 is 2.38 bits per heavy atom. The van der Waals surface area contributed by atoms with Crippen LogP contribution in [0.1, 0.15) is 16.8 Å². The number of hydrogen-bond acceptors (Lipinski definition) is 4. The van der Waals surface area contributed by atoms with Crippen LogP contribution in [-0.2, 0) is 4.79 Å². The van der Waals surface area contributed by atoms with E-state index in [0.29, 0.717) is 44.8 Å². The third kappa shape index (κ3) is 3.95. The van der Waals surface area contributed by atoms with E-state index in [1.165, 1.54) is 12.5 Å². The van der Waals surface area contributed by atoms with E-state index in [9.17, 15) is 9.59 Å². The molecule has 0 N–H and O–H groups in total. The quantitative estimate of drug-likeness (QED) is 0.842. The Bertz CT molecular complexity index is 662. The molecule has 0 bridgehead atoms. The van der Waals surface area contributed by atoms with E-state index in [-0.39, 0.29) is 11.8 Å². The summed E-state index contributed by atoms with van der Waals surface area (Å²) in [4.78, 5) is 28.0. The molecule has 2 aromatic rings. The fraction of sp³-hybridized carbons (Fsp3) is 0.333. The second-order valence-corrected chi connectivity index (χ2v) is 5.60. The molecule has 0 saturated carbocycles. The van der Waals surface area contributed by atoms with Gasteiger partial charge in [-0.2, -0.15) is 0 Å². The molecular formula is C18H20N2O4. The molecule has 1 saturated heterocycles. The van der Waals surface area contributed by atoms with Crippen molar-refractivity contribution < 1.29 is 18.7 Å². The van der Waals surface area contributed by atoms with Crippen molar-refractivity contribution in [3.05, 3.63) is 54.5 Å². The Morgan fingerprint density at radius 2 is 1.71 bits per heavy atom. The van der Waals surface area contributed by atoms with Gasteiger partial charge in [0.05, 0.1) is 24.9 Å². The van der Waals surface area contributed by atoms with E-state index in [4.69, 9.17) is 9.15 Å². The maximum absolute atomic E-state index is 12.2. The summed E-state index contributed by atoms with van der Waals surface area (Å²) in [6.07, 6.45) is 3.27. The van der Waals surface area contributed by atoms with Gasteiger partial charge in [-0.05, 0) is 18.2 Å². The van der Waals surface area contributed by atoms with Crippen LogP contribution in [-0.4, -0.2) is 54.4 Å². The van der Waals surface area contributed by atoms with Crippen LogP contribution in [0.5, 0.6) is 5.75 Å². The van der Waals surface area contributed by atoms with Crippen molar-refractivity contribution in [2.24, 2.45) is 0 Å². The van der Waals surface area contributed by atoms with Crippen molar-refractivity contribution in [2.75, 3.05) is 32.8 Å². The normalized spacial score (nSPS) is 14.5. The monoisotopic (exact) mass is 328 g/mol. The molecule has 0 atom stereocenters. The van der Waals surface area contributed by atoms with Crippen LogP contribution >= 0.6 is 0 Å². The Kier molecular flexibility index (Phi) is 5.15. The highest BCUT2D eigenvalue weighted by Gasteiger charge is 2.25. The lowest BCUT2D eigenvalue weighted by molar-refractivity contribution is -0.133. The van der Waals surface area contributed by atoms with Crippen LogP contribution in [0, 0.1) is 0 Å². The van der Waals surface area contributed by atoms with Crippen LogP contribution in [0.25, 0.3) is 0 Å². The van der Waals surface area contributed by atoms with Gasteiger partial charge >= 0.3 is 0 Å². The van der Waals surface area contributed by atoms with Crippen molar-refractivity contribution in [1.82, 2.24) is 9.80 Å². The molecule has 2 heterocycles. The molecule has 1 aliphatic heterocycles. The van der Waals surface area contributed by atoms with Gasteiger partial charge < -0.3 is 19.0 Å². The predicted molar refractivity (Wildman–Crippen MR) is 87.7 cm³/mol. The summed E-state index contributed by atoms with van der Waals surface area (Å²) in [6.45, 7) is 2.53. The standard InChI is InChI=1S/C18H20N2O4/c21-17(7-13-24-16-4-2-1-3-5-16)19-8-10-20(11-9-19)18(22)15-6-12-23-14-15/h1-6,12,14H,7-11,13H2. The molecule has 0 aliphatic carbocycles. The molecule has 6 nitrogen and oxygen atoms in total. The highest BCUT2D eigenvalue weighted by Crippen LogP contribution is 2.11. The van der Waals surface area contributed by atoms with E-state index in [1.807, 2.05) is 30.3 Å². The summed E-state index contributed by atoms with van der Waals surface area (Å²) in [7, 11) is 0. The molecule has 0 unspecified atom stereocenters. The first-order valence-corrected chi connectivity index (χ1v) is 8.01. The fourth-order valence-electron chi connectivity index (χ4n) is 2.66. The minimum Gasteiger partial charge on any atom is -0.493 e. The largest absolute Gasteiger partial charge is 0.493 e. The molecule has 1 aromatic carbocycles. The van der Waals surface area contributed by atoms with E-state index in [1.54, 1.807) is 15.9 Å². The predicted octanol–water partition coefficient (Wildman–Crippen LogP) is 2.03. The van der Waals surface area contributed by atoms with Crippen LogP contribution in [0.3, 0.4) is 0 Å². The van der Waals surface area contributed by atoms with Crippen molar-refractivity contribution >= 4 is 11.8 Å². The van der Waals surface area contributed by atoms with E-state index < -0.39 is 0 Å². The Labute approximate surface area is 140 Å². The number of piperazine rings is 1. The van der Waals surface area contributed by atoms with Gasteiger partial charge in [-0.3, -0.25) is 9.59 Å². The van der Waals surface area contributed by atoms with Crippen LogP contribution in [0.4, 0.5) is 0 Å². The number of hydrogen-bond donors (Lipinski definition) is 0. The molecule has 126 valence electrons. The lowest BCUT2D eigenvalue weighted by atomic mass is 10.2. The first kappa shape index (κ1) is 16.1. The smallest absolute Gasteiger partial charge is 0.257 e. The van der Waals surface area contributed by atoms with Crippen molar-refractivity contribution in [2.45, 2.75) is 6.42 Å². The van der Waals surface area contributed by atoms with Gasteiger partial charge in [0.25, 0.3) is 5.91 Å². The van der Waals surface area contributed by atoms with Gasteiger partial charge in [0.2, 0.25) is 5.91 Å². The first-order chi connectivity index (χ1) is 11.7. The minimum atomic E-state index is -0.0525. The Balaban J connectivity index is 1.41. The summed E-state index contributed by atoms with van der Waals surface area (Å²) in [5.74, 6) is 0.769.